The van der Waals surface area contributed by atoms with Crippen molar-refractivity contribution in [3.63, 3.8) is 0 Å². The quantitative estimate of drug-likeness (QED) is 0.872. The summed E-state index contributed by atoms with van der Waals surface area (Å²) in [4.78, 5) is 0. The average molecular weight is 247 g/mol. The highest BCUT2D eigenvalue weighted by atomic mass is 16.5. The first-order valence-electron chi connectivity index (χ1n) is 7.16. The van der Waals surface area contributed by atoms with Crippen molar-refractivity contribution >= 4 is 5.69 Å². The van der Waals surface area contributed by atoms with E-state index in [1.807, 2.05) is 0 Å². The van der Waals surface area contributed by atoms with Crippen LogP contribution in [0.15, 0.2) is 24.3 Å². The fourth-order valence-corrected chi connectivity index (χ4v) is 2.50. The smallest absolute Gasteiger partial charge is 0.0617 e. The standard InChI is InChI=1S/C16H25NO/c1-4-13-5-7-14(8-6-13)17-15-9-10-18-16(11-15)12(2)3/h5-8,12,15-17H,4,9-11H2,1-3H3. The summed E-state index contributed by atoms with van der Waals surface area (Å²) in [7, 11) is 0. The van der Waals surface area contributed by atoms with Crippen LogP contribution in [0.1, 0.15) is 39.2 Å². The van der Waals surface area contributed by atoms with E-state index in [4.69, 9.17) is 4.74 Å². The number of nitrogens with one attached hydrogen (secondary N) is 1. The lowest BCUT2D eigenvalue weighted by molar-refractivity contribution is -0.0160. The van der Waals surface area contributed by atoms with E-state index >= 15 is 0 Å². The minimum Gasteiger partial charge on any atom is -0.382 e. The molecule has 0 saturated carbocycles. The van der Waals surface area contributed by atoms with Crippen LogP contribution in [-0.2, 0) is 11.2 Å². The molecular weight excluding hydrogens is 222 g/mol. The third-order valence-electron chi connectivity index (χ3n) is 3.79. The molecule has 0 radical (unpaired) electrons. The second kappa shape index (κ2) is 6.24. The molecular formula is C16H25NO. The summed E-state index contributed by atoms with van der Waals surface area (Å²) >= 11 is 0. The van der Waals surface area contributed by atoms with Crippen molar-refractivity contribution in [3.05, 3.63) is 29.8 Å². The summed E-state index contributed by atoms with van der Waals surface area (Å²) in [6, 6.07) is 9.36. The number of ether oxygens (including phenoxy) is 1. The van der Waals surface area contributed by atoms with E-state index in [1.54, 1.807) is 0 Å². The van der Waals surface area contributed by atoms with Gasteiger partial charge in [-0.3, -0.25) is 0 Å². The van der Waals surface area contributed by atoms with Crippen LogP contribution in [0.3, 0.4) is 0 Å². The number of benzene rings is 1. The number of rotatable bonds is 4. The molecule has 0 spiro atoms. The van der Waals surface area contributed by atoms with Gasteiger partial charge in [0.25, 0.3) is 0 Å². The molecule has 0 bridgehead atoms. The molecule has 2 heteroatoms. The third kappa shape index (κ3) is 3.49. The predicted molar refractivity (Wildman–Crippen MR) is 77.0 cm³/mol. The van der Waals surface area contributed by atoms with Gasteiger partial charge in [0.2, 0.25) is 0 Å². The van der Waals surface area contributed by atoms with Crippen molar-refractivity contribution in [3.8, 4) is 0 Å². The molecule has 2 unspecified atom stereocenters. The van der Waals surface area contributed by atoms with E-state index in [0.717, 1.165) is 25.9 Å². The van der Waals surface area contributed by atoms with Gasteiger partial charge >= 0.3 is 0 Å². The third-order valence-corrected chi connectivity index (χ3v) is 3.79. The zero-order valence-electron chi connectivity index (χ0n) is 11.8. The van der Waals surface area contributed by atoms with Crippen molar-refractivity contribution in [2.45, 2.75) is 52.2 Å². The van der Waals surface area contributed by atoms with E-state index in [0.29, 0.717) is 18.1 Å². The summed E-state index contributed by atoms with van der Waals surface area (Å²) in [6.45, 7) is 7.55. The molecule has 0 aromatic heterocycles. The number of aryl methyl sites for hydroxylation is 1. The van der Waals surface area contributed by atoms with Crippen molar-refractivity contribution in [1.82, 2.24) is 0 Å². The fraction of sp³-hybridized carbons (Fsp3) is 0.625. The largest absolute Gasteiger partial charge is 0.382 e. The normalized spacial score (nSPS) is 24.2. The number of anilines is 1. The Hall–Kier alpha value is -1.02. The molecule has 2 nitrogen and oxygen atoms in total. The molecule has 1 aromatic rings. The SMILES string of the molecule is CCc1ccc(NC2CCOC(C(C)C)C2)cc1. The molecule has 1 aliphatic heterocycles. The van der Waals surface area contributed by atoms with Crippen LogP contribution < -0.4 is 5.32 Å². The van der Waals surface area contributed by atoms with Crippen LogP contribution in [-0.4, -0.2) is 18.8 Å². The Morgan fingerprint density at radius 2 is 2.00 bits per heavy atom. The molecule has 0 aliphatic carbocycles. The predicted octanol–water partition coefficient (Wildman–Crippen LogP) is 3.86. The molecule has 1 saturated heterocycles. The molecule has 0 amide bonds. The maximum Gasteiger partial charge on any atom is 0.0617 e. The molecule has 1 fully saturated rings. The Morgan fingerprint density at radius 1 is 1.28 bits per heavy atom. The number of hydrogen-bond donors (Lipinski definition) is 1. The van der Waals surface area contributed by atoms with Gasteiger partial charge in [0.05, 0.1) is 6.10 Å². The Bertz CT molecular complexity index is 358. The van der Waals surface area contributed by atoms with Gasteiger partial charge in [0, 0.05) is 18.3 Å². The Kier molecular flexibility index (Phi) is 4.65. The van der Waals surface area contributed by atoms with E-state index in [-0.39, 0.29) is 0 Å². The Morgan fingerprint density at radius 3 is 2.61 bits per heavy atom. The minimum absolute atomic E-state index is 0.408. The first-order valence-corrected chi connectivity index (χ1v) is 7.16. The van der Waals surface area contributed by atoms with Crippen LogP contribution in [0.4, 0.5) is 5.69 Å². The van der Waals surface area contributed by atoms with E-state index in [1.165, 1.54) is 11.3 Å². The lowest BCUT2D eigenvalue weighted by Crippen LogP contribution is -2.36. The number of hydrogen-bond acceptors (Lipinski definition) is 2. The first-order chi connectivity index (χ1) is 8.69. The van der Waals surface area contributed by atoms with Crippen molar-refractivity contribution in [1.29, 1.82) is 0 Å². The van der Waals surface area contributed by atoms with Crippen LogP contribution in [0.25, 0.3) is 0 Å². The van der Waals surface area contributed by atoms with E-state index in [9.17, 15) is 0 Å². The molecule has 1 heterocycles. The highest BCUT2D eigenvalue weighted by Crippen LogP contribution is 2.23. The molecule has 100 valence electrons. The highest BCUT2D eigenvalue weighted by molar-refractivity contribution is 5.45. The zero-order chi connectivity index (χ0) is 13.0. The van der Waals surface area contributed by atoms with Crippen LogP contribution in [0, 0.1) is 5.92 Å². The van der Waals surface area contributed by atoms with Crippen molar-refractivity contribution in [2.75, 3.05) is 11.9 Å². The fourth-order valence-electron chi connectivity index (χ4n) is 2.50. The first kappa shape index (κ1) is 13.4. The van der Waals surface area contributed by atoms with Gasteiger partial charge in [-0.25, -0.2) is 0 Å². The van der Waals surface area contributed by atoms with Gasteiger partial charge in [-0.1, -0.05) is 32.9 Å². The average Bonchev–Trinajstić information content (AvgIpc) is 2.40. The van der Waals surface area contributed by atoms with Crippen molar-refractivity contribution in [2.24, 2.45) is 5.92 Å². The molecule has 1 aromatic carbocycles. The molecule has 18 heavy (non-hydrogen) atoms. The second-order valence-corrected chi connectivity index (χ2v) is 5.57. The van der Waals surface area contributed by atoms with Gasteiger partial charge < -0.3 is 10.1 Å². The summed E-state index contributed by atoms with van der Waals surface area (Å²) in [6.07, 6.45) is 3.74. The second-order valence-electron chi connectivity index (χ2n) is 5.57. The summed E-state index contributed by atoms with van der Waals surface area (Å²) < 4.78 is 5.80. The highest BCUT2D eigenvalue weighted by Gasteiger charge is 2.24. The maximum atomic E-state index is 5.80. The Balaban J connectivity index is 1.91. The topological polar surface area (TPSA) is 21.3 Å². The summed E-state index contributed by atoms with van der Waals surface area (Å²) in [5.41, 5.74) is 2.63. The lowest BCUT2D eigenvalue weighted by Gasteiger charge is -2.33. The monoisotopic (exact) mass is 247 g/mol. The molecule has 2 rings (SSSR count). The van der Waals surface area contributed by atoms with Gasteiger partial charge in [-0.05, 0) is 42.9 Å². The van der Waals surface area contributed by atoms with E-state index < -0.39 is 0 Å². The van der Waals surface area contributed by atoms with Gasteiger partial charge in [-0.2, -0.15) is 0 Å². The molecule has 1 aliphatic rings. The molecule has 2 atom stereocenters. The molecule has 1 N–H and O–H groups in total. The van der Waals surface area contributed by atoms with Crippen LogP contribution in [0.5, 0.6) is 0 Å². The van der Waals surface area contributed by atoms with Gasteiger partial charge in [0.1, 0.15) is 0 Å². The van der Waals surface area contributed by atoms with Crippen LogP contribution in [0.2, 0.25) is 0 Å². The zero-order valence-corrected chi connectivity index (χ0v) is 11.8. The Labute approximate surface area is 111 Å². The van der Waals surface area contributed by atoms with Gasteiger partial charge in [-0.15, -0.1) is 0 Å². The van der Waals surface area contributed by atoms with Crippen molar-refractivity contribution < 1.29 is 4.74 Å². The van der Waals surface area contributed by atoms with Crippen LogP contribution >= 0.6 is 0 Å². The van der Waals surface area contributed by atoms with Gasteiger partial charge in [0.15, 0.2) is 0 Å². The lowest BCUT2D eigenvalue weighted by atomic mass is 9.95. The van der Waals surface area contributed by atoms with E-state index in [2.05, 4.69) is 50.4 Å². The summed E-state index contributed by atoms with van der Waals surface area (Å²) in [5.74, 6) is 0.608. The summed E-state index contributed by atoms with van der Waals surface area (Å²) in [5, 5.41) is 3.64. The maximum absolute atomic E-state index is 5.80. The minimum atomic E-state index is 0.408.